The number of halogens is 1. The molecule has 8 heteroatoms. The molecule has 4 unspecified atom stereocenters. The van der Waals surface area contributed by atoms with E-state index < -0.39 is 11.6 Å². The maximum absolute atomic E-state index is 11.0. The predicted molar refractivity (Wildman–Crippen MR) is 94.6 cm³/mol. The number of nitrogens with one attached hydrogen (secondary N) is 1. The number of amidine groups is 1. The van der Waals surface area contributed by atoms with Gasteiger partial charge in [-0.3, -0.25) is 5.32 Å². The van der Waals surface area contributed by atoms with Crippen LogP contribution in [0.1, 0.15) is 24.8 Å². The normalized spacial score (nSPS) is 34.1. The number of hydrogen-bond donors (Lipinski definition) is 3. The lowest BCUT2D eigenvalue weighted by molar-refractivity contribution is -0.0236. The fraction of sp³-hybridized carbons (Fsp3) is 0.500. The summed E-state index contributed by atoms with van der Waals surface area (Å²) in [7, 11) is 0. The molecule has 0 radical (unpaired) electrons. The summed E-state index contributed by atoms with van der Waals surface area (Å²) in [6.07, 6.45) is 0.638. The lowest BCUT2D eigenvalue weighted by Gasteiger charge is -2.48. The first-order chi connectivity index (χ1) is 11.5. The van der Waals surface area contributed by atoms with Gasteiger partial charge in [0.15, 0.2) is 5.17 Å². The van der Waals surface area contributed by atoms with Crippen molar-refractivity contribution in [3.8, 4) is 5.75 Å². The summed E-state index contributed by atoms with van der Waals surface area (Å²) in [5, 5.41) is 22.0. The zero-order valence-electron chi connectivity index (χ0n) is 12.7. The molecule has 6 nitrogen and oxygen atoms in total. The van der Waals surface area contributed by atoms with E-state index in [0.717, 1.165) is 28.6 Å². The molecule has 1 aliphatic carbocycles. The number of ether oxygens (including phenoxy) is 1. The maximum atomic E-state index is 11.0. The molecule has 128 valence electrons. The van der Waals surface area contributed by atoms with Gasteiger partial charge in [0, 0.05) is 21.7 Å². The monoisotopic (exact) mass is 412 g/mol. The van der Waals surface area contributed by atoms with E-state index in [1.54, 1.807) is 0 Å². The Balaban J connectivity index is 1.83. The van der Waals surface area contributed by atoms with Crippen LogP contribution in [-0.2, 0) is 5.54 Å². The molecule has 3 N–H and O–H groups in total. The lowest BCUT2D eigenvalue weighted by Crippen LogP contribution is -2.51. The number of nitrogens with zero attached hydrogens (tertiary/aromatic N) is 1. The van der Waals surface area contributed by atoms with Crippen LogP contribution in [0, 0.1) is 5.92 Å². The largest absolute Gasteiger partial charge is 0.490 e. The summed E-state index contributed by atoms with van der Waals surface area (Å²) < 4.78 is 7.12. The molecule has 4 rings (SSSR count). The Morgan fingerprint density at radius 2 is 2.29 bits per heavy atom. The van der Waals surface area contributed by atoms with Gasteiger partial charge in [-0.25, -0.2) is 9.79 Å². The Morgan fingerprint density at radius 3 is 3.08 bits per heavy atom. The third-order valence-corrected chi connectivity index (χ3v) is 6.55. The van der Waals surface area contributed by atoms with Crippen molar-refractivity contribution in [2.45, 2.75) is 37.0 Å². The standard InChI is InChI=1S/C16H17BrN2O4S/c17-8-1-3-12-10(5-8)16(7-24-14(19-16)18-15(21)22)11-6-9(20)2-4-13(11)23-12/h1,3,5,9,11,13,20H,2,4,6-7H2,(H,18,19)(H,21,22). The Labute approximate surface area is 151 Å². The van der Waals surface area contributed by atoms with Crippen LogP contribution in [0.4, 0.5) is 4.79 Å². The Kier molecular flexibility index (Phi) is 4.01. The minimum atomic E-state index is -1.11. The number of hydrogen-bond acceptors (Lipinski definition) is 5. The number of benzene rings is 1. The van der Waals surface area contributed by atoms with Gasteiger partial charge in [-0.2, -0.15) is 0 Å². The fourth-order valence-electron chi connectivity index (χ4n) is 3.98. The van der Waals surface area contributed by atoms with E-state index in [9.17, 15) is 9.90 Å². The van der Waals surface area contributed by atoms with Crippen molar-refractivity contribution in [1.29, 1.82) is 0 Å². The lowest BCUT2D eigenvalue weighted by atomic mass is 9.68. The van der Waals surface area contributed by atoms with E-state index in [1.165, 1.54) is 11.8 Å². The molecule has 3 aliphatic rings. The summed E-state index contributed by atoms with van der Waals surface area (Å²) in [5.74, 6) is 1.48. The van der Waals surface area contributed by atoms with Crippen LogP contribution in [0.3, 0.4) is 0 Å². The van der Waals surface area contributed by atoms with E-state index in [1.807, 2.05) is 18.2 Å². The zero-order valence-corrected chi connectivity index (χ0v) is 15.1. The Hall–Kier alpha value is -1.25. The topological polar surface area (TPSA) is 91.2 Å². The zero-order chi connectivity index (χ0) is 16.9. The van der Waals surface area contributed by atoms with Crippen LogP contribution in [0.15, 0.2) is 27.7 Å². The van der Waals surface area contributed by atoms with E-state index in [4.69, 9.17) is 14.8 Å². The molecule has 1 aromatic rings. The van der Waals surface area contributed by atoms with Gasteiger partial charge in [-0.1, -0.05) is 27.7 Å². The molecule has 4 atom stereocenters. The summed E-state index contributed by atoms with van der Waals surface area (Å²) in [5.41, 5.74) is 0.396. The molecule has 2 heterocycles. The van der Waals surface area contributed by atoms with Crippen LogP contribution in [0.5, 0.6) is 5.75 Å². The number of aliphatic hydroxyl groups excluding tert-OH is 1. The van der Waals surface area contributed by atoms with Gasteiger partial charge < -0.3 is 14.9 Å². The third kappa shape index (κ3) is 2.60. The highest BCUT2D eigenvalue weighted by molar-refractivity contribution is 9.10. The molecular formula is C16H17BrN2O4S. The van der Waals surface area contributed by atoms with E-state index in [0.29, 0.717) is 17.3 Å². The molecule has 1 aromatic carbocycles. The highest BCUT2D eigenvalue weighted by atomic mass is 79.9. The molecule has 0 bridgehead atoms. The summed E-state index contributed by atoms with van der Waals surface area (Å²) in [6.45, 7) is 0. The number of thioether (sulfide) groups is 1. The van der Waals surface area contributed by atoms with E-state index in [2.05, 4.69) is 21.2 Å². The van der Waals surface area contributed by atoms with Crippen molar-refractivity contribution in [2.24, 2.45) is 10.9 Å². The van der Waals surface area contributed by atoms with Crippen LogP contribution in [0.25, 0.3) is 0 Å². The fourth-order valence-corrected chi connectivity index (χ4v) is 5.52. The van der Waals surface area contributed by atoms with Crippen LogP contribution in [-0.4, -0.2) is 39.4 Å². The van der Waals surface area contributed by atoms with Crippen molar-refractivity contribution in [3.63, 3.8) is 0 Å². The second-order valence-corrected chi connectivity index (χ2v) is 8.31. The van der Waals surface area contributed by atoms with Crippen LogP contribution < -0.4 is 10.1 Å². The predicted octanol–water partition coefficient (Wildman–Crippen LogP) is 2.94. The van der Waals surface area contributed by atoms with Crippen molar-refractivity contribution >= 4 is 39.0 Å². The van der Waals surface area contributed by atoms with Crippen molar-refractivity contribution in [2.75, 3.05) is 5.75 Å². The van der Waals surface area contributed by atoms with Crippen LogP contribution >= 0.6 is 27.7 Å². The molecule has 1 fully saturated rings. The molecule has 1 spiro atoms. The number of rotatable bonds is 0. The number of amides is 1. The van der Waals surface area contributed by atoms with Gasteiger partial charge in [0.05, 0.1) is 6.10 Å². The second-order valence-electron chi connectivity index (χ2n) is 6.43. The van der Waals surface area contributed by atoms with Crippen molar-refractivity contribution in [1.82, 2.24) is 5.32 Å². The number of carboxylic acid groups (broad SMARTS) is 1. The smallest absolute Gasteiger partial charge is 0.410 e. The summed E-state index contributed by atoms with van der Waals surface area (Å²) in [6, 6.07) is 5.87. The minimum Gasteiger partial charge on any atom is -0.490 e. The summed E-state index contributed by atoms with van der Waals surface area (Å²) in [4.78, 5) is 15.8. The number of carbonyl (C=O) groups is 1. The first kappa shape index (κ1) is 16.2. The van der Waals surface area contributed by atoms with Crippen LogP contribution in [0.2, 0.25) is 0 Å². The average Bonchev–Trinajstić information content (AvgIpc) is 2.93. The number of fused-ring (bicyclic) bond motifs is 4. The SMILES string of the molecule is O=C(O)NC1=NC2(CS1)c1cc(Br)ccc1OC1CCC(O)CC12. The highest BCUT2D eigenvalue weighted by Crippen LogP contribution is 2.54. The van der Waals surface area contributed by atoms with Gasteiger partial charge in [0.1, 0.15) is 17.4 Å². The van der Waals surface area contributed by atoms with E-state index in [-0.39, 0.29) is 18.1 Å². The maximum Gasteiger partial charge on any atom is 0.410 e. The minimum absolute atomic E-state index is 0.00407. The molecule has 2 aliphatic heterocycles. The quantitative estimate of drug-likeness (QED) is 0.609. The molecule has 24 heavy (non-hydrogen) atoms. The van der Waals surface area contributed by atoms with Crippen molar-refractivity contribution in [3.05, 3.63) is 28.2 Å². The molecular weight excluding hydrogens is 396 g/mol. The highest BCUT2D eigenvalue weighted by Gasteiger charge is 2.54. The van der Waals surface area contributed by atoms with Gasteiger partial charge >= 0.3 is 6.09 Å². The second kappa shape index (κ2) is 5.93. The first-order valence-electron chi connectivity index (χ1n) is 7.85. The molecule has 0 saturated heterocycles. The summed E-state index contributed by atoms with van der Waals surface area (Å²) >= 11 is 4.91. The van der Waals surface area contributed by atoms with Gasteiger partial charge in [-0.15, -0.1) is 0 Å². The van der Waals surface area contributed by atoms with Gasteiger partial charge in [-0.05, 0) is 37.5 Å². The van der Waals surface area contributed by atoms with Gasteiger partial charge in [0.2, 0.25) is 0 Å². The van der Waals surface area contributed by atoms with Gasteiger partial charge in [0.25, 0.3) is 0 Å². The first-order valence-corrected chi connectivity index (χ1v) is 9.63. The number of aliphatic imine (C=N–C) groups is 1. The van der Waals surface area contributed by atoms with E-state index >= 15 is 0 Å². The van der Waals surface area contributed by atoms with Crippen molar-refractivity contribution < 1.29 is 19.7 Å². The third-order valence-electron chi connectivity index (χ3n) is 5.00. The molecule has 1 saturated carbocycles. The molecule has 1 amide bonds. The Bertz CT molecular complexity index is 728. The number of aliphatic hydroxyl groups is 1. The average molecular weight is 413 g/mol. The molecule has 0 aromatic heterocycles. The Morgan fingerprint density at radius 1 is 1.46 bits per heavy atom.